The Labute approximate surface area is 157 Å². The molecule has 4 atom stereocenters. The van der Waals surface area contributed by atoms with Crippen molar-refractivity contribution in [2.75, 3.05) is 0 Å². The molecule has 1 aromatic heterocycles. The van der Waals surface area contributed by atoms with E-state index in [9.17, 15) is 9.18 Å². The van der Waals surface area contributed by atoms with Gasteiger partial charge in [0.2, 0.25) is 11.1 Å². The van der Waals surface area contributed by atoms with Gasteiger partial charge in [-0.15, -0.1) is 5.10 Å². The third-order valence-electron chi connectivity index (χ3n) is 5.28. The first-order chi connectivity index (χ1) is 12.5. The second-order valence-corrected chi connectivity index (χ2v) is 8.40. The number of benzene rings is 1. The topological polar surface area (TPSA) is 70.7 Å². The number of hydrogen-bond acceptors (Lipinski definition) is 4. The Morgan fingerprint density at radius 1 is 1.35 bits per heavy atom. The highest BCUT2D eigenvalue weighted by Gasteiger charge is 2.29. The summed E-state index contributed by atoms with van der Waals surface area (Å²) < 4.78 is 13.8. The molecule has 0 unspecified atom stereocenters. The van der Waals surface area contributed by atoms with Gasteiger partial charge in [0, 0.05) is 6.04 Å². The van der Waals surface area contributed by atoms with Gasteiger partial charge in [-0.2, -0.15) is 0 Å². The molecule has 140 valence electrons. The van der Waals surface area contributed by atoms with Crippen molar-refractivity contribution >= 4 is 17.7 Å². The molecule has 7 heteroatoms. The van der Waals surface area contributed by atoms with E-state index < -0.39 is 0 Å². The van der Waals surface area contributed by atoms with Gasteiger partial charge in [0.25, 0.3) is 0 Å². The maximum absolute atomic E-state index is 13.8. The molecule has 1 heterocycles. The lowest BCUT2D eigenvalue weighted by Crippen LogP contribution is -2.46. The monoisotopic (exact) mass is 376 g/mol. The number of amides is 1. The van der Waals surface area contributed by atoms with E-state index >= 15 is 0 Å². The van der Waals surface area contributed by atoms with Crippen LogP contribution >= 0.6 is 11.8 Å². The fraction of sp³-hybridized carbons (Fsp3) is 0.526. The van der Waals surface area contributed by atoms with Crippen molar-refractivity contribution in [1.82, 2.24) is 20.5 Å². The zero-order chi connectivity index (χ0) is 18.7. The first kappa shape index (κ1) is 18.9. The molecule has 3 rings (SSSR count). The molecular weight excluding hydrogens is 351 g/mol. The van der Waals surface area contributed by atoms with E-state index in [1.807, 2.05) is 6.92 Å². The van der Waals surface area contributed by atoms with Crippen LogP contribution in [0, 0.1) is 17.7 Å². The molecule has 26 heavy (non-hydrogen) atoms. The molecule has 1 aliphatic rings. The first-order valence-electron chi connectivity index (χ1n) is 9.10. The lowest BCUT2D eigenvalue weighted by molar-refractivity contribution is -0.121. The zero-order valence-electron chi connectivity index (χ0n) is 15.3. The van der Waals surface area contributed by atoms with Crippen LogP contribution in [0.3, 0.4) is 0 Å². The number of hydrogen-bond donors (Lipinski definition) is 2. The smallest absolute Gasteiger partial charge is 0.233 e. The molecule has 1 saturated carbocycles. The fourth-order valence-corrected chi connectivity index (χ4v) is 4.10. The number of nitrogens with zero attached hydrogens (tertiary/aromatic N) is 2. The van der Waals surface area contributed by atoms with E-state index in [2.05, 4.69) is 34.3 Å². The van der Waals surface area contributed by atoms with E-state index in [4.69, 9.17) is 0 Å². The highest BCUT2D eigenvalue weighted by Crippen LogP contribution is 2.30. The van der Waals surface area contributed by atoms with Crippen LogP contribution in [0.4, 0.5) is 4.39 Å². The highest BCUT2D eigenvalue weighted by atomic mass is 32.2. The molecule has 0 spiro atoms. The summed E-state index contributed by atoms with van der Waals surface area (Å²) in [5.41, 5.74) is 0.369. The number of carbonyl (C=O) groups excluding carboxylic acids is 1. The maximum atomic E-state index is 13.8. The van der Waals surface area contributed by atoms with Gasteiger partial charge >= 0.3 is 0 Å². The average molecular weight is 377 g/mol. The third kappa shape index (κ3) is 4.26. The Kier molecular flexibility index (Phi) is 5.96. The Morgan fingerprint density at radius 2 is 2.12 bits per heavy atom. The van der Waals surface area contributed by atoms with Gasteiger partial charge in [-0.1, -0.05) is 50.6 Å². The third-order valence-corrected chi connectivity index (χ3v) is 6.24. The summed E-state index contributed by atoms with van der Waals surface area (Å²) in [5.74, 6) is 1.13. The fourth-order valence-electron chi connectivity index (χ4n) is 3.37. The standard InChI is InChI=1S/C19H25FN4OS/c1-11-7-6-10-16(12(11)2)21-18(25)13(3)26-19-22-17(23-24-19)14-8-4-5-9-15(14)20/h4-5,8-9,11-13,16H,6-7,10H2,1-3H3,(H,21,25)(H,22,23,24)/t11-,12-,13-,16-/m1/s1. The number of aromatic amines is 1. The van der Waals surface area contributed by atoms with Crippen molar-refractivity contribution in [2.45, 2.75) is 56.5 Å². The van der Waals surface area contributed by atoms with E-state index in [1.165, 1.54) is 24.2 Å². The first-order valence-corrected chi connectivity index (χ1v) is 9.98. The van der Waals surface area contributed by atoms with Gasteiger partial charge in [-0.05, 0) is 37.3 Å². The van der Waals surface area contributed by atoms with Crippen molar-refractivity contribution < 1.29 is 9.18 Å². The lowest BCUT2D eigenvalue weighted by atomic mass is 9.78. The van der Waals surface area contributed by atoms with Crippen LogP contribution in [0.5, 0.6) is 0 Å². The van der Waals surface area contributed by atoms with Gasteiger partial charge < -0.3 is 5.32 Å². The number of rotatable bonds is 5. The predicted molar refractivity (Wildman–Crippen MR) is 101 cm³/mol. The van der Waals surface area contributed by atoms with Crippen LogP contribution < -0.4 is 5.32 Å². The molecule has 2 aromatic rings. The summed E-state index contributed by atoms with van der Waals surface area (Å²) in [5, 5.41) is 10.2. The average Bonchev–Trinajstić information content (AvgIpc) is 3.07. The van der Waals surface area contributed by atoms with Crippen LogP contribution in [-0.4, -0.2) is 32.4 Å². The predicted octanol–water partition coefficient (Wildman–Crippen LogP) is 4.03. The van der Waals surface area contributed by atoms with Crippen molar-refractivity contribution in [3.05, 3.63) is 30.1 Å². The minimum absolute atomic E-state index is 0.00167. The van der Waals surface area contributed by atoms with Gasteiger partial charge in [-0.3, -0.25) is 9.89 Å². The quantitative estimate of drug-likeness (QED) is 0.773. The Morgan fingerprint density at radius 3 is 2.88 bits per heavy atom. The number of carbonyl (C=O) groups is 1. The van der Waals surface area contributed by atoms with Crippen molar-refractivity contribution in [3.63, 3.8) is 0 Å². The summed E-state index contributed by atoms with van der Waals surface area (Å²) in [6.07, 6.45) is 3.42. The Balaban J connectivity index is 1.60. The Hall–Kier alpha value is -1.89. The molecule has 0 saturated heterocycles. The second kappa shape index (κ2) is 8.20. The largest absolute Gasteiger partial charge is 0.352 e. The molecule has 1 amide bonds. The molecule has 0 radical (unpaired) electrons. The SMILES string of the molecule is C[C@@H]1[C@H](C)CCC[C@H]1NC(=O)[C@@H](C)Sc1n[nH]c(-c2ccccc2F)n1. The summed E-state index contributed by atoms with van der Waals surface area (Å²) in [7, 11) is 0. The van der Waals surface area contributed by atoms with Crippen LogP contribution in [-0.2, 0) is 4.79 Å². The number of thioether (sulfide) groups is 1. The minimum Gasteiger partial charge on any atom is -0.352 e. The van der Waals surface area contributed by atoms with E-state index in [0.717, 1.165) is 12.8 Å². The number of aromatic nitrogens is 3. The van der Waals surface area contributed by atoms with Crippen LogP contribution in [0.2, 0.25) is 0 Å². The summed E-state index contributed by atoms with van der Waals surface area (Å²) in [6.45, 7) is 6.30. The van der Waals surface area contributed by atoms with Crippen molar-refractivity contribution in [3.8, 4) is 11.4 Å². The highest BCUT2D eigenvalue weighted by molar-refractivity contribution is 8.00. The zero-order valence-corrected chi connectivity index (χ0v) is 16.1. The maximum Gasteiger partial charge on any atom is 0.233 e. The number of nitrogens with one attached hydrogen (secondary N) is 2. The molecule has 2 N–H and O–H groups in total. The molecule has 0 bridgehead atoms. The molecule has 1 aliphatic carbocycles. The molecular formula is C19H25FN4OS. The van der Waals surface area contributed by atoms with Crippen molar-refractivity contribution in [2.24, 2.45) is 11.8 Å². The molecule has 1 aromatic carbocycles. The minimum atomic E-state index is -0.355. The van der Waals surface area contributed by atoms with Gasteiger partial charge in [-0.25, -0.2) is 9.37 Å². The van der Waals surface area contributed by atoms with Crippen molar-refractivity contribution in [1.29, 1.82) is 0 Å². The van der Waals surface area contributed by atoms with E-state index in [0.29, 0.717) is 28.4 Å². The van der Waals surface area contributed by atoms with E-state index in [1.54, 1.807) is 18.2 Å². The van der Waals surface area contributed by atoms with Crippen LogP contribution in [0.1, 0.15) is 40.0 Å². The number of halogens is 1. The number of H-pyrrole nitrogens is 1. The molecule has 5 nitrogen and oxygen atoms in total. The molecule has 1 fully saturated rings. The van der Waals surface area contributed by atoms with Crippen LogP contribution in [0.15, 0.2) is 29.4 Å². The summed E-state index contributed by atoms with van der Waals surface area (Å²) >= 11 is 1.28. The lowest BCUT2D eigenvalue weighted by Gasteiger charge is -2.35. The van der Waals surface area contributed by atoms with Gasteiger partial charge in [0.15, 0.2) is 5.82 Å². The van der Waals surface area contributed by atoms with E-state index in [-0.39, 0.29) is 23.0 Å². The van der Waals surface area contributed by atoms with Crippen LogP contribution in [0.25, 0.3) is 11.4 Å². The summed E-state index contributed by atoms with van der Waals surface area (Å²) in [4.78, 5) is 16.9. The van der Waals surface area contributed by atoms with Gasteiger partial charge in [0.1, 0.15) is 5.82 Å². The van der Waals surface area contributed by atoms with Gasteiger partial charge in [0.05, 0.1) is 10.8 Å². The second-order valence-electron chi connectivity index (χ2n) is 7.09. The summed E-state index contributed by atoms with van der Waals surface area (Å²) in [6, 6.07) is 6.63. The Bertz CT molecular complexity index is 766. The molecule has 0 aliphatic heterocycles. The normalized spacial score (nSPS) is 24.2.